The van der Waals surface area contributed by atoms with Gasteiger partial charge >= 0.3 is 10.5 Å². The molecule has 1 aromatic heterocycles. The summed E-state index contributed by atoms with van der Waals surface area (Å²) in [7, 11) is -8.78. The van der Waals surface area contributed by atoms with Crippen LogP contribution in [0.2, 0.25) is 0 Å². The molecule has 0 aliphatic rings. The molecule has 15 heteroatoms. The predicted molar refractivity (Wildman–Crippen MR) is 101 cm³/mol. The van der Waals surface area contributed by atoms with E-state index in [0.717, 1.165) is 41.4 Å². The highest BCUT2D eigenvalue weighted by molar-refractivity contribution is 7.92. The van der Waals surface area contributed by atoms with Crippen LogP contribution in [0.1, 0.15) is 5.56 Å². The summed E-state index contributed by atoms with van der Waals surface area (Å²) >= 11 is 0. The van der Waals surface area contributed by atoms with Crippen LogP contribution in [-0.2, 0) is 27.1 Å². The molecule has 0 saturated heterocycles. The van der Waals surface area contributed by atoms with Crippen molar-refractivity contribution in [2.24, 2.45) is 0 Å². The van der Waals surface area contributed by atoms with Gasteiger partial charge in [0.05, 0.1) is 23.7 Å². The fourth-order valence-electron chi connectivity index (χ4n) is 2.35. The molecule has 3 rings (SSSR count). The summed E-state index contributed by atoms with van der Waals surface area (Å²) in [5, 5.41) is 7.15. The molecule has 1 N–H and O–H groups in total. The third-order valence-electron chi connectivity index (χ3n) is 3.58. The largest absolute Gasteiger partial charge is 0.489 e. The number of halogens is 3. The van der Waals surface area contributed by atoms with Gasteiger partial charge in [-0.1, -0.05) is 9.10 Å². The molecule has 0 saturated carbocycles. The minimum atomic E-state index is -5.18. The van der Waals surface area contributed by atoms with Crippen molar-refractivity contribution >= 4 is 26.3 Å². The molecule has 0 amide bonds. The molecule has 0 unspecified atom stereocenters. The van der Waals surface area contributed by atoms with Crippen molar-refractivity contribution in [3.05, 3.63) is 59.8 Å². The maximum atomic E-state index is 14.4. The van der Waals surface area contributed by atoms with Gasteiger partial charge in [0.15, 0.2) is 5.82 Å². The SMILES string of the molecule is CS(=O)(=O)Nc1cn(-c2cc(F)c(COc3ccc(OS(=O)(=O)F)cc3)c(F)c2)nn1. The van der Waals surface area contributed by atoms with Gasteiger partial charge in [-0.05, 0) is 24.3 Å². The first kappa shape index (κ1) is 22.4. The quantitative estimate of drug-likeness (QED) is 0.487. The molecule has 10 nitrogen and oxygen atoms in total. The van der Waals surface area contributed by atoms with Crippen molar-refractivity contribution in [3.63, 3.8) is 0 Å². The predicted octanol–water partition coefficient (Wildman–Crippen LogP) is 2.09. The van der Waals surface area contributed by atoms with E-state index in [1.54, 1.807) is 0 Å². The molecular weight excluding hydrogens is 465 g/mol. The summed E-state index contributed by atoms with van der Waals surface area (Å²) in [6.07, 6.45) is 2.04. The fourth-order valence-corrected chi connectivity index (χ4v) is 3.16. The molecule has 0 aliphatic carbocycles. The van der Waals surface area contributed by atoms with E-state index >= 15 is 0 Å². The lowest BCUT2D eigenvalue weighted by Gasteiger charge is -2.10. The van der Waals surface area contributed by atoms with Gasteiger partial charge in [0, 0.05) is 12.1 Å². The maximum Gasteiger partial charge on any atom is 0.488 e. The van der Waals surface area contributed by atoms with Crippen LogP contribution >= 0.6 is 0 Å². The van der Waals surface area contributed by atoms with E-state index in [9.17, 15) is 29.5 Å². The molecule has 3 aromatic rings. The van der Waals surface area contributed by atoms with Crippen molar-refractivity contribution in [1.82, 2.24) is 15.0 Å². The number of nitrogens with zero attached hydrogens (tertiary/aromatic N) is 3. The summed E-state index contributed by atoms with van der Waals surface area (Å²) in [5.74, 6) is -2.27. The van der Waals surface area contributed by atoms with Crippen LogP contribution in [0.3, 0.4) is 0 Å². The van der Waals surface area contributed by atoms with E-state index in [1.165, 1.54) is 12.1 Å². The van der Waals surface area contributed by atoms with Crippen molar-refractivity contribution < 1.29 is 38.4 Å². The second kappa shape index (κ2) is 8.43. The highest BCUT2D eigenvalue weighted by atomic mass is 32.3. The Morgan fingerprint density at radius 1 is 1.03 bits per heavy atom. The van der Waals surface area contributed by atoms with Crippen molar-refractivity contribution in [2.75, 3.05) is 11.0 Å². The highest BCUT2D eigenvalue weighted by Crippen LogP contribution is 2.23. The van der Waals surface area contributed by atoms with Gasteiger partial charge in [0.2, 0.25) is 10.0 Å². The number of ether oxygens (including phenoxy) is 1. The van der Waals surface area contributed by atoms with E-state index in [2.05, 4.69) is 19.2 Å². The summed E-state index contributed by atoms with van der Waals surface area (Å²) in [6, 6.07) is 6.52. The zero-order valence-electron chi connectivity index (χ0n) is 15.5. The molecular formula is C16H13F3N4O6S2. The van der Waals surface area contributed by atoms with Crippen LogP contribution in [0.4, 0.5) is 18.5 Å². The van der Waals surface area contributed by atoms with Gasteiger partial charge in [0.1, 0.15) is 29.7 Å². The fraction of sp³-hybridized carbons (Fsp3) is 0.125. The lowest BCUT2D eigenvalue weighted by molar-refractivity contribution is 0.292. The third kappa shape index (κ3) is 6.32. The summed E-state index contributed by atoms with van der Waals surface area (Å²) in [5.41, 5.74) is -0.466. The minimum Gasteiger partial charge on any atom is -0.489 e. The van der Waals surface area contributed by atoms with Crippen LogP contribution < -0.4 is 13.6 Å². The number of nitrogens with one attached hydrogen (secondary N) is 1. The Morgan fingerprint density at radius 2 is 1.61 bits per heavy atom. The first-order valence-electron chi connectivity index (χ1n) is 8.15. The molecule has 31 heavy (non-hydrogen) atoms. The Hall–Kier alpha value is -3.33. The van der Waals surface area contributed by atoms with Crippen molar-refractivity contribution in [2.45, 2.75) is 6.61 Å². The normalized spacial score (nSPS) is 11.9. The molecule has 0 bridgehead atoms. The van der Waals surface area contributed by atoms with E-state index in [1.807, 2.05) is 0 Å². The van der Waals surface area contributed by atoms with Gasteiger partial charge in [-0.2, -0.15) is 8.42 Å². The zero-order chi connectivity index (χ0) is 22.8. The zero-order valence-corrected chi connectivity index (χ0v) is 17.1. The average Bonchev–Trinajstić information content (AvgIpc) is 3.07. The highest BCUT2D eigenvalue weighted by Gasteiger charge is 2.15. The molecule has 2 aromatic carbocycles. The van der Waals surface area contributed by atoms with Gasteiger partial charge in [-0.3, -0.25) is 4.72 Å². The van der Waals surface area contributed by atoms with Crippen molar-refractivity contribution in [3.8, 4) is 17.2 Å². The van der Waals surface area contributed by atoms with Gasteiger partial charge in [0.25, 0.3) is 0 Å². The Balaban J connectivity index is 1.72. The molecule has 0 spiro atoms. The maximum absolute atomic E-state index is 14.4. The number of sulfonamides is 1. The van der Waals surface area contributed by atoms with Gasteiger partial charge in [-0.25, -0.2) is 21.9 Å². The summed E-state index contributed by atoms with van der Waals surface area (Å²) < 4.78 is 96.8. The second-order valence-corrected chi connectivity index (χ2v) is 8.75. The minimum absolute atomic E-state index is 0.0539. The summed E-state index contributed by atoms with van der Waals surface area (Å²) in [6.45, 7) is -0.516. The average molecular weight is 478 g/mol. The smallest absolute Gasteiger partial charge is 0.488 e. The van der Waals surface area contributed by atoms with Crippen LogP contribution in [0, 0.1) is 11.6 Å². The molecule has 0 atom stereocenters. The Labute approximate surface area is 174 Å². The molecule has 0 radical (unpaired) electrons. The van der Waals surface area contributed by atoms with E-state index in [4.69, 9.17) is 4.74 Å². The Morgan fingerprint density at radius 3 is 2.16 bits per heavy atom. The molecule has 166 valence electrons. The molecule has 0 aliphatic heterocycles. The second-order valence-electron chi connectivity index (χ2n) is 6.05. The number of aromatic nitrogens is 3. The Kier molecular flexibility index (Phi) is 6.08. The first-order chi connectivity index (χ1) is 14.4. The Bertz CT molecular complexity index is 1290. The number of hydrogen-bond donors (Lipinski definition) is 1. The van der Waals surface area contributed by atoms with E-state index in [-0.39, 0.29) is 23.0 Å². The molecule has 1 heterocycles. The van der Waals surface area contributed by atoms with Crippen LogP contribution in [0.25, 0.3) is 5.69 Å². The lowest BCUT2D eigenvalue weighted by Crippen LogP contribution is -2.09. The number of benzene rings is 2. The number of rotatable bonds is 8. The number of anilines is 1. The first-order valence-corrected chi connectivity index (χ1v) is 11.3. The number of hydrogen-bond acceptors (Lipinski definition) is 8. The van der Waals surface area contributed by atoms with Crippen LogP contribution in [-0.4, -0.2) is 38.1 Å². The van der Waals surface area contributed by atoms with Crippen LogP contribution in [0.15, 0.2) is 42.6 Å². The van der Waals surface area contributed by atoms with Crippen LogP contribution in [0.5, 0.6) is 11.5 Å². The van der Waals surface area contributed by atoms with E-state index in [0.29, 0.717) is 0 Å². The molecule has 0 fully saturated rings. The topological polar surface area (TPSA) is 129 Å². The summed E-state index contributed by atoms with van der Waals surface area (Å²) in [4.78, 5) is 0. The monoisotopic (exact) mass is 478 g/mol. The van der Waals surface area contributed by atoms with Crippen molar-refractivity contribution in [1.29, 1.82) is 0 Å². The third-order valence-corrected chi connectivity index (χ3v) is 4.55. The van der Waals surface area contributed by atoms with Gasteiger partial charge < -0.3 is 8.92 Å². The standard InChI is InChI=1S/C16H13F3N4O6S2/c1-30(24,25)21-16-8-23(22-20-16)10-6-14(17)13(15(18)7-10)9-28-11-2-4-12(5-3-11)29-31(19,26)27/h2-8,21H,9H2,1H3. The van der Waals surface area contributed by atoms with Gasteiger partial charge in [-0.15, -0.1) is 5.10 Å². The lowest BCUT2D eigenvalue weighted by atomic mass is 10.2. The van der Waals surface area contributed by atoms with E-state index < -0.39 is 44.3 Å².